The number of fused-ring (bicyclic) bond motifs is 1. The quantitative estimate of drug-likeness (QED) is 0.684. The SMILES string of the molecule is Cc1nc2c(-c3ccc(F)cc3)c(C)nn2c(C)c1CC(=O)N1CCN(C)CC1. The molecule has 0 N–H and O–H groups in total. The minimum atomic E-state index is -0.270. The van der Waals surface area contributed by atoms with Crippen molar-refractivity contribution in [3.8, 4) is 11.1 Å². The molecule has 152 valence electrons. The summed E-state index contributed by atoms with van der Waals surface area (Å²) in [5.74, 6) is -0.138. The van der Waals surface area contributed by atoms with E-state index in [-0.39, 0.29) is 11.7 Å². The molecule has 2 aromatic heterocycles. The molecule has 1 fully saturated rings. The second-order valence-corrected chi connectivity index (χ2v) is 7.82. The minimum absolute atomic E-state index is 0.132. The van der Waals surface area contributed by atoms with Crippen LogP contribution in [-0.4, -0.2) is 63.5 Å². The Balaban J connectivity index is 1.70. The van der Waals surface area contributed by atoms with Crippen molar-refractivity contribution in [3.63, 3.8) is 0 Å². The van der Waals surface area contributed by atoms with E-state index >= 15 is 0 Å². The number of amides is 1. The summed E-state index contributed by atoms with van der Waals surface area (Å²) in [6.07, 6.45) is 0.328. The predicted octanol–water partition coefficient (Wildman–Crippen LogP) is 2.78. The molecule has 0 radical (unpaired) electrons. The number of nitrogens with zero attached hydrogens (tertiary/aromatic N) is 5. The zero-order valence-corrected chi connectivity index (χ0v) is 17.4. The lowest BCUT2D eigenvalue weighted by Crippen LogP contribution is -2.47. The summed E-state index contributed by atoms with van der Waals surface area (Å²) in [5, 5.41) is 4.67. The second-order valence-electron chi connectivity index (χ2n) is 7.82. The van der Waals surface area contributed by atoms with Gasteiger partial charge >= 0.3 is 0 Å². The molecule has 6 nitrogen and oxygen atoms in total. The summed E-state index contributed by atoms with van der Waals surface area (Å²) in [6.45, 7) is 9.18. The Morgan fingerprint density at radius 1 is 1.03 bits per heavy atom. The Morgan fingerprint density at radius 2 is 1.69 bits per heavy atom. The van der Waals surface area contributed by atoms with Gasteiger partial charge < -0.3 is 9.80 Å². The Bertz CT molecular complexity index is 1070. The molecule has 4 rings (SSSR count). The van der Waals surface area contributed by atoms with Crippen LogP contribution in [0.5, 0.6) is 0 Å². The Hall–Kier alpha value is -2.80. The van der Waals surface area contributed by atoms with Gasteiger partial charge in [-0.2, -0.15) is 5.10 Å². The van der Waals surface area contributed by atoms with Crippen molar-refractivity contribution >= 4 is 11.6 Å². The van der Waals surface area contributed by atoms with Crippen LogP contribution < -0.4 is 0 Å². The number of hydrogen-bond acceptors (Lipinski definition) is 4. The predicted molar refractivity (Wildman–Crippen MR) is 110 cm³/mol. The molecule has 29 heavy (non-hydrogen) atoms. The fraction of sp³-hybridized carbons (Fsp3) is 0.409. The molecule has 0 spiro atoms. The smallest absolute Gasteiger partial charge is 0.227 e. The van der Waals surface area contributed by atoms with Crippen LogP contribution in [0.1, 0.15) is 22.6 Å². The molecule has 0 unspecified atom stereocenters. The third-order valence-corrected chi connectivity index (χ3v) is 5.82. The molecule has 1 amide bonds. The largest absolute Gasteiger partial charge is 0.340 e. The van der Waals surface area contributed by atoms with Gasteiger partial charge in [0, 0.05) is 48.7 Å². The maximum absolute atomic E-state index is 13.3. The first-order chi connectivity index (χ1) is 13.8. The monoisotopic (exact) mass is 395 g/mol. The number of carbonyl (C=O) groups excluding carboxylic acids is 1. The van der Waals surface area contributed by atoms with Gasteiger partial charge in [-0.1, -0.05) is 12.1 Å². The molecule has 1 aliphatic heterocycles. The van der Waals surface area contributed by atoms with Crippen LogP contribution in [-0.2, 0) is 11.2 Å². The lowest BCUT2D eigenvalue weighted by atomic mass is 10.0. The molecule has 1 saturated heterocycles. The molecule has 0 atom stereocenters. The summed E-state index contributed by atoms with van der Waals surface area (Å²) in [5.41, 5.74) is 6.02. The first-order valence-corrected chi connectivity index (χ1v) is 9.93. The van der Waals surface area contributed by atoms with E-state index in [9.17, 15) is 9.18 Å². The summed E-state index contributed by atoms with van der Waals surface area (Å²) in [7, 11) is 2.08. The number of aryl methyl sites for hydroxylation is 3. The number of likely N-dealkylation sites (N-methyl/N-ethyl adjacent to an activating group) is 1. The fourth-order valence-corrected chi connectivity index (χ4v) is 4.00. The average Bonchev–Trinajstić information content (AvgIpc) is 3.02. The maximum atomic E-state index is 13.3. The Morgan fingerprint density at radius 3 is 2.34 bits per heavy atom. The second kappa shape index (κ2) is 7.55. The van der Waals surface area contributed by atoms with Gasteiger partial charge in [-0.25, -0.2) is 13.9 Å². The van der Waals surface area contributed by atoms with E-state index in [1.807, 2.05) is 30.2 Å². The number of hydrogen-bond donors (Lipinski definition) is 0. The molecule has 1 aromatic carbocycles. The lowest BCUT2D eigenvalue weighted by molar-refractivity contribution is -0.132. The summed E-state index contributed by atoms with van der Waals surface area (Å²) < 4.78 is 15.2. The van der Waals surface area contributed by atoms with E-state index in [0.717, 1.165) is 65.6 Å². The molecular formula is C22H26FN5O. The highest BCUT2D eigenvalue weighted by atomic mass is 19.1. The third-order valence-electron chi connectivity index (χ3n) is 5.82. The first kappa shape index (κ1) is 19.5. The fourth-order valence-electron chi connectivity index (χ4n) is 4.00. The van der Waals surface area contributed by atoms with Gasteiger partial charge in [0.15, 0.2) is 5.65 Å². The molecule has 3 aromatic rings. The van der Waals surface area contributed by atoms with E-state index in [2.05, 4.69) is 17.0 Å². The van der Waals surface area contributed by atoms with Crippen LogP contribution in [0.2, 0.25) is 0 Å². The number of piperazine rings is 1. The van der Waals surface area contributed by atoms with Crippen molar-refractivity contribution in [2.45, 2.75) is 27.2 Å². The van der Waals surface area contributed by atoms with Crippen LogP contribution >= 0.6 is 0 Å². The van der Waals surface area contributed by atoms with Gasteiger partial charge in [0.1, 0.15) is 5.82 Å². The normalized spacial score (nSPS) is 15.3. The van der Waals surface area contributed by atoms with E-state index < -0.39 is 0 Å². The van der Waals surface area contributed by atoms with Crippen LogP contribution in [0.3, 0.4) is 0 Å². The zero-order chi connectivity index (χ0) is 20.7. The molecule has 0 aliphatic carbocycles. The van der Waals surface area contributed by atoms with E-state index in [0.29, 0.717) is 6.42 Å². The molecular weight excluding hydrogens is 369 g/mol. The van der Waals surface area contributed by atoms with E-state index in [1.165, 1.54) is 12.1 Å². The van der Waals surface area contributed by atoms with Gasteiger partial charge in [-0.3, -0.25) is 4.79 Å². The van der Waals surface area contributed by atoms with Gasteiger partial charge in [0.05, 0.1) is 12.1 Å². The zero-order valence-electron chi connectivity index (χ0n) is 17.4. The van der Waals surface area contributed by atoms with Gasteiger partial charge in [-0.05, 0) is 45.5 Å². The third kappa shape index (κ3) is 3.62. The highest BCUT2D eigenvalue weighted by molar-refractivity contribution is 5.82. The Kier molecular flexibility index (Phi) is 5.08. The van der Waals surface area contributed by atoms with E-state index in [4.69, 9.17) is 4.98 Å². The molecule has 0 bridgehead atoms. The van der Waals surface area contributed by atoms with Crippen molar-refractivity contribution in [1.29, 1.82) is 0 Å². The molecule has 0 saturated carbocycles. The summed E-state index contributed by atoms with van der Waals surface area (Å²) >= 11 is 0. The highest BCUT2D eigenvalue weighted by Gasteiger charge is 2.23. The van der Waals surface area contributed by atoms with Crippen molar-refractivity contribution in [1.82, 2.24) is 24.4 Å². The summed E-state index contributed by atoms with van der Waals surface area (Å²) in [4.78, 5) is 21.8. The van der Waals surface area contributed by atoms with Crippen molar-refractivity contribution in [2.75, 3.05) is 33.2 Å². The summed E-state index contributed by atoms with van der Waals surface area (Å²) in [6, 6.07) is 6.38. The van der Waals surface area contributed by atoms with Crippen LogP contribution in [0.4, 0.5) is 4.39 Å². The van der Waals surface area contributed by atoms with Crippen molar-refractivity contribution in [3.05, 3.63) is 52.7 Å². The Labute approximate surface area is 170 Å². The van der Waals surface area contributed by atoms with Crippen LogP contribution in [0.15, 0.2) is 24.3 Å². The topological polar surface area (TPSA) is 53.7 Å². The van der Waals surface area contributed by atoms with E-state index in [1.54, 1.807) is 12.1 Å². The van der Waals surface area contributed by atoms with Crippen LogP contribution in [0.25, 0.3) is 16.8 Å². The van der Waals surface area contributed by atoms with Crippen LogP contribution in [0, 0.1) is 26.6 Å². The molecule has 7 heteroatoms. The number of benzene rings is 1. The first-order valence-electron chi connectivity index (χ1n) is 9.93. The van der Waals surface area contributed by atoms with Crippen molar-refractivity contribution < 1.29 is 9.18 Å². The number of rotatable bonds is 3. The molecule has 1 aliphatic rings. The van der Waals surface area contributed by atoms with Gasteiger partial charge in [-0.15, -0.1) is 0 Å². The number of aromatic nitrogens is 3. The van der Waals surface area contributed by atoms with Crippen molar-refractivity contribution in [2.24, 2.45) is 0 Å². The highest BCUT2D eigenvalue weighted by Crippen LogP contribution is 2.29. The maximum Gasteiger partial charge on any atom is 0.227 e. The minimum Gasteiger partial charge on any atom is -0.340 e. The number of halogens is 1. The number of carbonyl (C=O) groups is 1. The standard InChI is InChI=1S/C22H26FN5O/c1-14-19(13-20(29)27-11-9-26(4)10-12-27)16(3)28-22(24-14)21(15(2)25-28)17-5-7-18(23)8-6-17/h5-8H,9-13H2,1-4H3. The van der Waals surface area contributed by atoms with Gasteiger partial charge in [0.2, 0.25) is 5.91 Å². The molecule has 3 heterocycles. The lowest BCUT2D eigenvalue weighted by Gasteiger charge is -2.32. The average molecular weight is 395 g/mol. The van der Waals surface area contributed by atoms with Gasteiger partial charge in [0.25, 0.3) is 0 Å².